The van der Waals surface area contributed by atoms with Crippen LogP contribution in [0.2, 0.25) is 0 Å². The molecule has 1 aliphatic carbocycles. The van der Waals surface area contributed by atoms with Gasteiger partial charge in [-0.3, -0.25) is 0 Å². The van der Waals surface area contributed by atoms with Gasteiger partial charge in [-0.05, 0) is 37.5 Å². The maximum absolute atomic E-state index is 11.4. The molecule has 1 fully saturated rings. The Balaban J connectivity index is 2.20. The summed E-state index contributed by atoms with van der Waals surface area (Å²) in [5.41, 5.74) is 1.13. The van der Waals surface area contributed by atoms with Crippen molar-refractivity contribution < 1.29 is 9.90 Å². The van der Waals surface area contributed by atoms with Gasteiger partial charge in [0.2, 0.25) is 0 Å². The lowest BCUT2D eigenvalue weighted by molar-refractivity contribution is -0.313. The van der Waals surface area contributed by atoms with Crippen molar-refractivity contribution in [2.24, 2.45) is 0 Å². The van der Waals surface area contributed by atoms with Crippen LogP contribution in [-0.4, -0.2) is 11.5 Å². The van der Waals surface area contributed by atoms with Crippen molar-refractivity contribution in [2.75, 3.05) is 5.32 Å². The van der Waals surface area contributed by atoms with E-state index < -0.39 is 11.5 Å². The van der Waals surface area contributed by atoms with Crippen LogP contribution in [0.3, 0.4) is 0 Å². The van der Waals surface area contributed by atoms with Crippen LogP contribution < -0.4 is 10.4 Å². The number of hydrogen-bond donors (Lipinski definition) is 1. The predicted octanol–water partition coefficient (Wildman–Crippen LogP) is 1.86. The number of carbonyl (C=O) groups excluding carboxylic acids is 1. The zero-order chi connectivity index (χ0) is 12.3. The highest BCUT2D eigenvalue weighted by molar-refractivity contribution is 5.81. The van der Waals surface area contributed by atoms with Crippen LogP contribution in [0, 0.1) is 6.92 Å². The Morgan fingerprint density at radius 1 is 1.29 bits per heavy atom. The molecule has 17 heavy (non-hydrogen) atoms. The Morgan fingerprint density at radius 2 is 2.00 bits per heavy atom. The van der Waals surface area contributed by atoms with Crippen LogP contribution in [-0.2, 0) is 4.79 Å². The van der Waals surface area contributed by atoms with Gasteiger partial charge in [-0.15, -0.1) is 0 Å². The minimum Gasteiger partial charge on any atom is -0.548 e. The number of carboxylic acid groups (broad SMARTS) is 1. The molecular formula is C14H18NO2-. The Hall–Kier alpha value is -1.51. The van der Waals surface area contributed by atoms with E-state index in [0.29, 0.717) is 12.8 Å². The molecule has 0 atom stereocenters. The molecule has 0 saturated heterocycles. The van der Waals surface area contributed by atoms with Gasteiger partial charge in [-0.1, -0.05) is 31.4 Å². The molecule has 3 heteroatoms. The average Bonchev–Trinajstić information content (AvgIpc) is 2.30. The summed E-state index contributed by atoms with van der Waals surface area (Å²) in [5, 5.41) is 14.6. The van der Waals surface area contributed by atoms with Crippen LogP contribution in [0.5, 0.6) is 0 Å². The Labute approximate surface area is 102 Å². The number of hydrogen-bond acceptors (Lipinski definition) is 3. The number of carbonyl (C=O) groups is 1. The lowest BCUT2D eigenvalue weighted by Gasteiger charge is -2.39. The fourth-order valence-corrected chi connectivity index (χ4v) is 2.53. The number of benzene rings is 1. The van der Waals surface area contributed by atoms with Crippen LogP contribution in [0.4, 0.5) is 5.69 Å². The van der Waals surface area contributed by atoms with E-state index in [4.69, 9.17) is 0 Å². The molecule has 1 aromatic rings. The monoisotopic (exact) mass is 232 g/mol. The van der Waals surface area contributed by atoms with Gasteiger partial charge in [0.25, 0.3) is 0 Å². The van der Waals surface area contributed by atoms with Crippen LogP contribution in [0.25, 0.3) is 0 Å². The standard InChI is InChI=1S/C14H19NO2/c1-11-6-5-7-12(10-11)15-14(13(16)17)8-3-2-4-9-14/h5-7,10,15H,2-4,8-9H2,1H3,(H,16,17)/p-1. The van der Waals surface area contributed by atoms with Crippen molar-refractivity contribution in [3.8, 4) is 0 Å². The van der Waals surface area contributed by atoms with Gasteiger partial charge in [0.15, 0.2) is 0 Å². The predicted molar refractivity (Wildman–Crippen MR) is 65.6 cm³/mol. The normalized spacial score (nSPS) is 18.6. The first-order chi connectivity index (χ1) is 8.12. The third kappa shape index (κ3) is 2.60. The Kier molecular flexibility index (Phi) is 3.36. The van der Waals surface area contributed by atoms with E-state index in [1.165, 1.54) is 0 Å². The molecule has 0 heterocycles. The summed E-state index contributed by atoms with van der Waals surface area (Å²) in [6, 6.07) is 7.81. The van der Waals surface area contributed by atoms with Crippen LogP contribution in [0.1, 0.15) is 37.7 Å². The number of aryl methyl sites for hydroxylation is 1. The molecule has 2 rings (SSSR count). The first-order valence-electron chi connectivity index (χ1n) is 6.19. The van der Waals surface area contributed by atoms with Crippen LogP contribution >= 0.6 is 0 Å². The number of aliphatic carboxylic acids is 1. The summed E-state index contributed by atoms with van der Waals surface area (Å²) in [6.45, 7) is 2.00. The quantitative estimate of drug-likeness (QED) is 0.865. The van der Waals surface area contributed by atoms with Crippen molar-refractivity contribution in [3.63, 3.8) is 0 Å². The van der Waals surface area contributed by atoms with Gasteiger partial charge in [0.1, 0.15) is 0 Å². The largest absolute Gasteiger partial charge is 0.548 e. The van der Waals surface area contributed by atoms with Crippen molar-refractivity contribution in [1.29, 1.82) is 0 Å². The van der Waals surface area contributed by atoms with Crippen molar-refractivity contribution in [2.45, 2.75) is 44.6 Å². The summed E-state index contributed by atoms with van der Waals surface area (Å²) in [7, 11) is 0. The van der Waals surface area contributed by atoms with E-state index in [0.717, 1.165) is 30.5 Å². The zero-order valence-electron chi connectivity index (χ0n) is 10.2. The molecule has 0 amide bonds. The molecule has 92 valence electrons. The SMILES string of the molecule is Cc1cccc(NC2(C(=O)[O-])CCCCC2)c1. The van der Waals surface area contributed by atoms with Crippen LogP contribution in [0.15, 0.2) is 24.3 Å². The third-order valence-electron chi connectivity index (χ3n) is 3.50. The summed E-state index contributed by atoms with van der Waals surface area (Å²) < 4.78 is 0. The topological polar surface area (TPSA) is 52.2 Å². The van der Waals surface area contributed by atoms with Gasteiger partial charge < -0.3 is 15.2 Å². The average molecular weight is 232 g/mol. The third-order valence-corrected chi connectivity index (χ3v) is 3.50. The fourth-order valence-electron chi connectivity index (χ4n) is 2.53. The zero-order valence-corrected chi connectivity index (χ0v) is 10.2. The minimum absolute atomic E-state index is 0.656. The lowest BCUT2D eigenvalue weighted by Crippen LogP contribution is -2.55. The highest BCUT2D eigenvalue weighted by Gasteiger charge is 2.33. The molecule has 0 aromatic heterocycles. The fraction of sp³-hybridized carbons (Fsp3) is 0.500. The molecule has 0 bridgehead atoms. The lowest BCUT2D eigenvalue weighted by atomic mass is 9.81. The molecule has 1 aromatic carbocycles. The van der Waals surface area contributed by atoms with Crippen molar-refractivity contribution in [1.82, 2.24) is 0 Å². The van der Waals surface area contributed by atoms with Gasteiger partial charge in [-0.25, -0.2) is 0 Å². The molecule has 1 saturated carbocycles. The summed E-state index contributed by atoms with van der Waals surface area (Å²) >= 11 is 0. The summed E-state index contributed by atoms with van der Waals surface area (Å²) in [4.78, 5) is 11.4. The highest BCUT2D eigenvalue weighted by atomic mass is 16.4. The van der Waals surface area contributed by atoms with E-state index in [2.05, 4.69) is 5.32 Å². The number of carboxylic acids is 1. The van der Waals surface area contributed by atoms with Gasteiger partial charge >= 0.3 is 0 Å². The molecule has 1 N–H and O–H groups in total. The second kappa shape index (κ2) is 4.78. The molecule has 1 aliphatic rings. The summed E-state index contributed by atoms with van der Waals surface area (Å²) in [5.74, 6) is -0.973. The minimum atomic E-state index is -0.973. The van der Waals surface area contributed by atoms with Crippen molar-refractivity contribution >= 4 is 11.7 Å². The molecule has 0 spiro atoms. The smallest absolute Gasteiger partial charge is 0.0769 e. The molecule has 3 nitrogen and oxygen atoms in total. The number of nitrogens with one attached hydrogen (secondary N) is 1. The molecule has 0 radical (unpaired) electrons. The van der Waals surface area contributed by atoms with E-state index in [1.54, 1.807) is 0 Å². The first kappa shape index (κ1) is 12.0. The second-order valence-corrected chi connectivity index (χ2v) is 4.92. The maximum Gasteiger partial charge on any atom is 0.0769 e. The van der Waals surface area contributed by atoms with Gasteiger partial charge in [0.05, 0.1) is 11.5 Å². The van der Waals surface area contributed by atoms with E-state index >= 15 is 0 Å². The Morgan fingerprint density at radius 3 is 2.59 bits per heavy atom. The number of anilines is 1. The van der Waals surface area contributed by atoms with Gasteiger partial charge in [-0.2, -0.15) is 0 Å². The van der Waals surface area contributed by atoms with E-state index in [-0.39, 0.29) is 0 Å². The van der Waals surface area contributed by atoms with E-state index in [1.807, 2.05) is 31.2 Å². The first-order valence-corrected chi connectivity index (χ1v) is 6.19. The summed E-state index contributed by atoms with van der Waals surface area (Å²) in [6.07, 6.45) is 4.33. The molecule has 0 aliphatic heterocycles. The molecular weight excluding hydrogens is 214 g/mol. The molecule has 0 unspecified atom stereocenters. The number of rotatable bonds is 3. The highest BCUT2D eigenvalue weighted by Crippen LogP contribution is 2.31. The van der Waals surface area contributed by atoms with Gasteiger partial charge in [0, 0.05) is 5.69 Å². The maximum atomic E-state index is 11.4. The Bertz CT molecular complexity index is 408. The van der Waals surface area contributed by atoms with E-state index in [9.17, 15) is 9.90 Å². The van der Waals surface area contributed by atoms with Crippen molar-refractivity contribution in [3.05, 3.63) is 29.8 Å². The second-order valence-electron chi connectivity index (χ2n) is 4.92.